The topological polar surface area (TPSA) is 37.8 Å². The SMILES string of the molecule is CC(C)Cc1nnc(NC(C)c2cccs2)s1. The van der Waals surface area contributed by atoms with Gasteiger partial charge in [-0.3, -0.25) is 0 Å². The van der Waals surface area contributed by atoms with E-state index in [9.17, 15) is 0 Å². The van der Waals surface area contributed by atoms with Crippen molar-refractivity contribution >= 4 is 27.8 Å². The Hall–Kier alpha value is -0.940. The fourth-order valence-corrected chi connectivity index (χ4v) is 3.31. The lowest BCUT2D eigenvalue weighted by Crippen LogP contribution is -2.04. The van der Waals surface area contributed by atoms with Crippen molar-refractivity contribution < 1.29 is 0 Å². The molecule has 2 rings (SSSR count). The summed E-state index contributed by atoms with van der Waals surface area (Å²) in [4.78, 5) is 1.32. The van der Waals surface area contributed by atoms with Crippen LogP contribution in [0.3, 0.4) is 0 Å². The summed E-state index contributed by atoms with van der Waals surface area (Å²) in [6, 6.07) is 4.51. The number of rotatable bonds is 5. The highest BCUT2D eigenvalue weighted by Crippen LogP contribution is 2.25. The molecule has 1 N–H and O–H groups in total. The van der Waals surface area contributed by atoms with E-state index in [0.717, 1.165) is 16.6 Å². The quantitative estimate of drug-likeness (QED) is 0.890. The van der Waals surface area contributed by atoms with Gasteiger partial charge in [0.25, 0.3) is 0 Å². The van der Waals surface area contributed by atoms with Crippen LogP contribution in [0.1, 0.15) is 36.7 Å². The van der Waals surface area contributed by atoms with Crippen LogP contribution in [0.25, 0.3) is 0 Å². The number of nitrogens with one attached hydrogen (secondary N) is 1. The molecular weight excluding hydrogens is 250 g/mol. The molecule has 92 valence electrons. The summed E-state index contributed by atoms with van der Waals surface area (Å²) in [5, 5.41) is 15.9. The standard InChI is InChI=1S/C12H17N3S2/c1-8(2)7-11-14-15-12(17-11)13-9(3)10-5-4-6-16-10/h4-6,8-9H,7H2,1-3H3,(H,13,15). The monoisotopic (exact) mass is 267 g/mol. The predicted octanol–water partition coefficient (Wildman–Crippen LogP) is 3.97. The first-order valence-electron chi connectivity index (χ1n) is 5.77. The normalized spacial score (nSPS) is 12.9. The average Bonchev–Trinajstić information content (AvgIpc) is 2.87. The van der Waals surface area contributed by atoms with Crippen molar-refractivity contribution in [2.24, 2.45) is 5.92 Å². The van der Waals surface area contributed by atoms with Gasteiger partial charge in [-0.2, -0.15) is 0 Å². The smallest absolute Gasteiger partial charge is 0.206 e. The molecule has 1 atom stereocenters. The molecular formula is C12H17N3S2. The molecule has 0 radical (unpaired) electrons. The van der Waals surface area contributed by atoms with Gasteiger partial charge in [-0.15, -0.1) is 21.5 Å². The maximum absolute atomic E-state index is 4.20. The molecule has 3 nitrogen and oxygen atoms in total. The van der Waals surface area contributed by atoms with Crippen LogP contribution >= 0.6 is 22.7 Å². The Kier molecular flexibility index (Phi) is 4.12. The number of thiophene rings is 1. The lowest BCUT2D eigenvalue weighted by Gasteiger charge is -2.09. The Bertz CT molecular complexity index is 448. The highest BCUT2D eigenvalue weighted by molar-refractivity contribution is 7.15. The van der Waals surface area contributed by atoms with Gasteiger partial charge in [0.05, 0.1) is 6.04 Å². The maximum atomic E-state index is 4.20. The molecule has 0 saturated carbocycles. The average molecular weight is 267 g/mol. The van der Waals surface area contributed by atoms with Crippen LogP contribution in [-0.4, -0.2) is 10.2 Å². The van der Waals surface area contributed by atoms with Gasteiger partial charge in [-0.25, -0.2) is 0 Å². The fourth-order valence-electron chi connectivity index (χ4n) is 1.54. The van der Waals surface area contributed by atoms with Gasteiger partial charge < -0.3 is 5.32 Å². The second kappa shape index (κ2) is 5.60. The van der Waals surface area contributed by atoms with E-state index >= 15 is 0 Å². The lowest BCUT2D eigenvalue weighted by molar-refractivity contribution is 0.640. The highest BCUT2D eigenvalue weighted by Gasteiger charge is 2.10. The van der Waals surface area contributed by atoms with Gasteiger partial charge in [-0.1, -0.05) is 31.3 Å². The molecule has 0 saturated heterocycles. The zero-order valence-electron chi connectivity index (χ0n) is 10.3. The molecule has 0 aliphatic rings. The maximum Gasteiger partial charge on any atom is 0.206 e. The summed E-state index contributed by atoms with van der Waals surface area (Å²) in [5.74, 6) is 0.630. The molecule has 5 heteroatoms. The summed E-state index contributed by atoms with van der Waals surface area (Å²) in [6.45, 7) is 6.54. The molecule has 2 aromatic rings. The van der Waals surface area contributed by atoms with Gasteiger partial charge in [-0.05, 0) is 24.3 Å². The minimum Gasteiger partial charge on any atom is -0.353 e. The molecule has 0 aliphatic carbocycles. The van der Waals surface area contributed by atoms with Crippen LogP contribution in [0, 0.1) is 5.92 Å². The largest absolute Gasteiger partial charge is 0.353 e. The third-order valence-corrected chi connectivity index (χ3v) is 4.29. The van der Waals surface area contributed by atoms with Crippen LogP contribution in [0.5, 0.6) is 0 Å². The van der Waals surface area contributed by atoms with E-state index in [2.05, 4.69) is 53.8 Å². The van der Waals surface area contributed by atoms with E-state index in [4.69, 9.17) is 0 Å². The lowest BCUT2D eigenvalue weighted by atomic mass is 10.1. The second-order valence-corrected chi connectivity index (χ2v) is 6.52. The molecule has 2 aromatic heterocycles. The van der Waals surface area contributed by atoms with Crippen LogP contribution in [0.2, 0.25) is 0 Å². The van der Waals surface area contributed by atoms with Crippen molar-refractivity contribution in [1.29, 1.82) is 0 Å². The van der Waals surface area contributed by atoms with Crippen molar-refractivity contribution in [2.45, 2.75) is 33.2 Å². The number of anilines is 1. The molecule has 0 aliphatic heterocycles. The van der Waals surface area contributed by atoms with Gasteiger partial charge in [0.15, 0.2) is 0 Å². The molecule has 0 spiro atoms. The molecule has 1 unspecified atom stereocenters. The zero-order chi connectivity index (χ0) is 12.3. The van der Waals surface area contributed by atoms with E-state index in [1.807, 2.05) is 0 Å². The van der Waals surface area contributed by atoms with Gasteiger partial charge in [0, 0.05) is 11.3 Å². The van der Waals surface area contributed by atoms with E-state index < -0.39 is 0 Å². The van der Waals surface area contributed by atoms with Gasteiger partial charge in [0.1, 0.15) is 5.01 Å². The van der Waals surface area contributed by atoms with Crippen molar-refractivity contribution in [2.75, 3.05) is 5.32 Å². The van der Waals surface area contributed by atoms with E-state index in [1.165, 1.54) is 4.88 Å². The Morgan fingerprint density at radius 2 is 2.12 bits per heavy atom. The Morgan fingerprint density at radius 1 is 1.29 bits per heavy atom. The van der Waals surface area contributed by atoms with Gasteiger partial charge >= 0.3 is 0 Å². The first-order chi connectivity index (χ1) is 8.15. The summed E-state index contributed by atoms with van der Waals surface area (Å²) >= 11 is 3.42. The van der Waals surface area contributed by atoms with Crippen LogP contribution in [-0.2, 0) is 6.42 Å². The minimum absolute atomic E-state index is 0.301. The minimum atomic E-state index is 0.301. The summed E-state index contributed by atoms with van der Waals surface area (Å²) < 4.78 is 0. The molecule has 17 heavy (non-hydrogen) atoms. The van der Waals surface area contributed by atoms with Crippen molar-refractivity contribution in [3.05, 3.63) is 27.4 Å². The Morgan fingerprint density at radius 3 is 2.76 bits per heavy atom. The van der Waals surface area contributed by atoms with Crippen LogP contribution in [0.15, 0.2) is 17.5 Å². The van der Waals surface area contributed by atoms with E-state index in [0.29, 0.717) is 12.0 Å². The van der Waals surface area contributed by atoms with Gasteiger partial charge in [0.2, 0.25) is 5.13 Å². The van der Waals surface area contributed by atoms with Crippen LogP contribution in [0.4, 0.5) is 5.13 Å². The summed E-state index contributed by atoms with van der Waals surface area (Å²) in [6.07, 6.45) is 1.01. The third-order valence-electron chi connectivity index (χ3n) is 2.36. The molecule has 0 fully saturated rings. The third kappa shape index (κ3) is 3.51. The summed E-state index contributed by atoms with van der Waals surface area (Å²) in [7, 11) is 0. The highest BCUT2D eigenvalue weighted by atomic mass is 32.1. The molecule has 0 aromatic carbocycles. The molecule has 0 amide bonds. The zero-order valence-corrected chi connectivity index (χ0v) is 11.9. The van der Waals surface area contributed by atoms with E-state index in [1.54, 1.807) is 22.7 Å². The number of nitrogens with zero attached hydrogens (tertiary/aromatic N) is 2. The Balaban J connectivity index is 1.97. The number of hydrogen-bond acceptors (Lipinski definition) is 5. The fraction of sp³-hybridized carbons (Fsp3) is 0.500. The Labute approximate surface area is 110 Å². The van der Waals surface area contributed by atoms with Crippen molar-refractivity contribution in [3.8, 4) is 0 Å². The predicted molar refractivity (Wildman–Crippen MR) is 74.8 cm³/mol. The first kappa shape index (κ1) is 12.5. The van der Waals surface area contributed by atoms with E-state index in [-0.39, 0.29) is 0 Å². The molecule has 2 heterocycles. The van der Waals surface area contributed by atoms with Crippen molar-refractivity contribution in [3.63, 3.8) is 0 Å². The van der Waals surface area contributed by atoms with Crippen molar-refractivity contribution in [1.82, 2.24) is 10.2 Å². The second-order valence-electron chi connectivity index (χ2n) is 4.48. The summed E-state index contributed by atoms with van der Waals surface area (Å²) in [5.41, 5.74) is 0. The number of aromatic nitrogens is 2. The number of hydrogen-bond donors (Lipinski definition) is 1. The van der Waals surface area contributed by atoms with Crippen LogP contribution < -0.4 is 5.32 Å². The first-order valence-corrected chi connectivity index (χ1v) is 7.47. The molecule has 0 bridgehead atoms.